The van der Waals surface area contributed by atoms with Gasteiger partial charge in [0.2, 0.25) is 15.9 Å². The molecule has 1 aromatic rings. The van der Waals surface area contributed by atoms with Crippen LogP contribution in [0.3, 0.4) is 0 Å². The molecule has 0 bridgehead atoms. The van der Waals surface area contributed by atoms with Crippen molar-refractivity contribution < 1.29 is 26.4 Å². The summed E-state index contributed by atoms with van der Waals surface area (Å²) in [5.41, 5.74) is -1.07. The fourth-order valence-corrected chi connectivity index (χ4v) is 4.52. The Kier molecular flexibility index (Phi) is 6.54. The van der Waals surface area contributed by atoms with Crippen molar-refractivity contribution in [2.75, 3.05) is 39.3 Å². The summed E-state index contributed by atoms with van der Waals surface area (Å²) in [6, 6.07) is 2.23. The maximum absolute atomic E-state index is 12.9. The first kappa shape index (κ1) is 20.9. The van der Waals surface area contributed by atoms with Gasteiger partial charge in [-0.15, -0.1) is 0 Å². The van der Waals surface area contributed by atoms with Crippen LogP contribution in [-0.4, -0.2) is 62.8 Å². The van der Waals surface area contributed by atoms with Crippen molar-refractivity contribution in [3.63, 3.8) is 0 Å². The van der Waals surface area contributed by atoms with E-state index in [1.54, 1.807) is 11.8 Å². The second kappa shape index (κ2) is 8.12. The molecule has 1 N–H and O–H groups in total. The molecule has 11 heteroatoms. The van der Waals surface area contributed by atoms with Crippen LogP contribution in [0.25, 0.3) is 0 Å². The Morgan fingerprint density at radius 1 is 1.23 bits per heavy atom. The lowest BCUT2D eigenvalue weighted by Gasteiger charge is -2.33. The van der Waals surface area contributed by atoms with E-state index in [2.05, 4.69) is 5.32 Å². The van der Waals surface area contributed by atoms with Crippen LogP contribution in [-0.2, 0) is 21.0 Å². The van der Waals surface area contributed by atoms with E-state index >= 15 is 0 Å². The molecule has 0 atom stereocenters. The summed E-state index contributed by atoms with van der Waals surface area (Å²) in [5, 5.41) is 2.39. The molecule has 1 aliphatic heterocycles. The molecule has 0 radical (unpaired) electrons. The van der Waals surface area contributed by atoms with Gasteiger partial charge in [0, 0.05) is 32.7 Å². The first-order chi connectivity index (χ1) is 12.1. The summed E-state index contributed by atoms with van der Waals surface area (Å²) in [4.78, 5) is 12.8. The fourth-order valence-electron chi connectivity index (χ4n) is 2.60. The maximum atomic E-state index is 12.9. The molecule has 146 valence electrons. The van der Waals surface area contributed by atoms with E-state index in [0.29, 0.717) is 25.7 Å². The molecule has 2 rings (SSSR count). The summed E-state index contributed by atoms with van der Waals surface area (Å²) in [6.07, 6.45) is -4.67. The minimum atomic E-state index is -4.67. The highest BCUT2D eigenvalue weighted by Gasteiger charge is 2.35. The average Bonchev–Trinajstić information content (AvgIpc) is 2.54. The SMILES string of the molecule is CCNC(=O)CN1CCN(S(=O)(=O)c2cc(C(F)(F)F)ccc2Cl)CC1. The molecule has 1 fully saturated rings. The van der Waals surface area contributed by atoms with Crippen molar-refractivity contribution >= 4 is 27.5 Å². The normalized spacial score (nSPS) is 17.3. The zero-order chi connectivity index (χ0) is 19.5. The predicted molar refractivity (Wildman–Crippen MR) is 90.3 cm³/mol. The molecule has 0 spiro atoms. The van der Waals surface area contributed by atoms with Crippen LogP contribution < -0.4 is 5.32 Å². The van der Waals surface area contributed by atoms with Crippen molar-refractivity contribution in [3.05, 3.63) is 28.8 Å². The third kappa shape index (κ3) is 4.87. The molecule has 1 amide bonds. The van der Waals surface area contributed by atoms with Crippen LogP contribution in [0.1, 0.15) is 12.5 Å². The van der Waals surface area contributed by atoms with E-state index in [-0.39, 0.29) is 30.6 Å². The molecule has 0 saturated carbocycles. The standard InChI is InChI=1S/C15H19ClF3N3O3S/c1-2-20-14(23)10-21-5-7-22(8-6-21)26(24,25)13-9-11(15(17,18)19)3-4-12(13)16/h3-4,9H,2,5-8,10H2,1H3,(H,20,23). The number of likely N-dealkylation sites (N-methyl/N-ethyl adjacent to an activating group) is 1. The highest BCUT2D eigenvalue weighted by atomic mass is 35.5. The summed E-state index contributed by atoms with van der Waals surface area (Å²) >= 11 is 5.85. The van der Waals surface area contributed by atoms with Crippen LogP contribution in [0.2, 0.25) is 5.02 Å². The highest BCUT2D eigenvalue weighted by molar-refractivity contribution is 7.89. The average molecular weight is 414 g/mol. The van der Waals surface area contributed by atoms with Gasteiger partial charge in [-0.05, 0) is 25.1 Å². The van der Waals surface area contributed by atoms with Gasteiger partial charge in [-0.25, -0.2) is 8.42 Å². The van der Waals surface area contributed by atoms with E-state index in [4.69, 9.17) is 11.6 Å². The van der Waals surface area contributed by atoms with E-state index in [0.717, 1.165) is 16.4 Å². The largest absolute Gasteiger partial charge is 0.416 e. The van der Waals surface area contributed by atoms with Gasteiger partial charge in [-0.2, -0.15) is 17.5 Å². The summed E-state index contributed by atoms with van der Waals surface area (Å²) in [6.45, 7) is 3.16. The topological polar surface area (TPSA) is 69.7 Å². The Labute approximate surface area is 155 Å². The third-order valence-corrected chi connectivity index (χ3v) is 6.33. The lowest BCUT2D eigenvalue weighted by atomic mass is 10.2. The second-order valence-electron chi connectivity index (χ2n) is 5.78. The predicted octanol–water partition coefficient (Wildman–Crippen LogP) is 1.80. The van der Waals surface area contributed by atoms with Gasteiger partial charge in [0.15, 0.2) is 0 Å². The quantitative estimate of drug-likeness (QED) is 0.799. The van der Waals surface area contributed by atoms with Gasteiger partial charge >= 0.3 is 6.18 Å². The molecule has 1 aromatic carbocycles. The Bertz CT molecular complexity index is 763. The molecule has 6 nitrogen and oxygen atoms in total. The molecule has 1 saturated heterocycles. The van der Waals surface area contributed by atoms with E-state index in [1.807, 2.05) is 0 Å². The molecule has 26 heavy (non-hydrogen) atoms. The lowest BCUT2D eigenvalue weighted by molar-refractivity contribution is -0.137. The van der Waals surface area contributed by atoms with Crippen molar-refractivity contribution in [1.82, 2.24) is 14.5 Å². The van der Waals surface area contributed by atoms with E-state index < -0.39 is 26.7 Å². The number of amides is 1. The summed E-state index contributed by atoms with van der Waals surface area (Å²) < 4.78 is 65.1. The Balaban J connectivity index is 2.14. The summed E-state index contributed by atoms with van der Waals surface area (Å²) in [5.74, 6) is -0.162. The third-order valence-electron chi connectivity index (χ3n) is 3.95. The number of carbonyl (C=O) groups is 1. The summed E-state index contributed by atoms with van der Waals surface area (Å²) in [7, 11) is -4.16. The Hall–Kier alpha value is -1.36. The zero-order valence-corrected chi connectivity index (χ0v) is 15.6. The van der Waals surface area contributed by atoms with E-state index in [1.165, 1.54) is 0 Å². The number of benzene rings is 1. The molecule has 1 aliphatic rings. The van der Waals surface area contributed by atoms with Gasteiger partial charge in [-0.3, -0.25) is 9.69 Å². The van der Waals surface area contributed by atoms with Gasteiger partial charge in [0.25, 0.3) is 0 Å². The van der Waals surface area contributed by atoms with Crippen LogP contribution in [0.15, 0.2) is 23.1 Å². The van der Waals surface area contributed by atoms with Crippen LogP contribution in [0, 0.1) is 0 Å². The number of rotatable bonds is 5. The number of nitrogens with one attached hydrogen (secondary N) is 1. The molecular formula is C15H19ClF3N3O3S. The minimum Gasteiger partial charge on any atom is -0.355 e. The number of sulfonamides is 1. The zero-order valence-electron chi connectivity index (χ0n) is 14.0. The molecule has 0 unspecified atom stereocenters. The lowest BCUT2D eigenvalue weighted by Crippen LogP contribution is -2.51. The molecular weight excluding hydrogens is 395 g/mol. The number of halogens is 4. The second-order valence-corrected chi connectivity index (χ2v) is 8.09. The number of alkyl halides is 3. The van der Waals surface area contributed by atoms with Crippen molar-refractivity contribution in [2.24, 2.45) is 0 Å². The number of hydrogen-bond donors (Lipinski definition) is 1. The minimum absolute atomic E-state index is 0.0638. The fraction of sp³-hybridized carbons (Fsp3) is 0.533. The van der Waals surface area contributed by atoms with Gasteiger partial charge < -0.3 is 5.32 Å². The van der Waals surface area contributed by atoms with Gasteiger partial charge in [0.05, 0.1) is 17.1 Å². The van der Waals surface area contributed by atoms with Crippen molar-refractivity contribution in [1.29, 1.82) is 0 Å². The number of nitrogens with zero attached hydrogens (tertiary/aromatic N) is 2. The first-order valence-corrected chi connectivity index (χ1v) is 9.73. The maximum Gasteiger partial charge on any atom is 0.416 e. The Morgan fingerprint density at radius 3 is 2.38 bits per heavy atom. The van der Waals surface area contributed by atoms with Crippen LogP contribution >= 0.6 is 11.6 Å². The van der Waals surface area contributed by atoms with Gasteiger partial charge in [-0.1, -0.05) is 11.6 Å². The molecule has 1 heterocycles. The molecule has 0 aromatic heterocycles. The van der Waals surface area contributed by atoms with Crippen molar-refractivity contribution in [3.8, 4) is 0 Å². The van der Waals surface area contributed by atoms with Gasteiger partial charge in [0.1, 0.15) is 4.90 Å². The van der Waals surface area contributed by atoms with Crippen LogP contribution in [0.5, 0.6) is 0 Å². The monoisotopic (exact) mass is 413 g/mol. The van der Waals surface area contributed by atoms with E-state index in [9.17, 15) is 26.4 Å². The smallest absolute Gasteiger partial charge is 0.355 e. The van der Waals surface area contributed by atoms with Crippen LogP contribution in [0.4, 0.5) is 13.2 Å². The Morgan fingerprint density at radius 2 is 1.85 bits per heavy atom. The number of hydrogen-bond acceptors (Lipinski definition) is 4. The first-order valence-electron chi connectivity index (χ1n) is 7.91. The highest BCUT2D eigenvalue weighted by Crippen LogP contribution is 2.34. The molecule has 0 aliphatic carbocycles. The number of carbonyl (C=O) groups excluding carboxylic acids is 1. The van der Waals surface area contributed by atoms with Crippen molar-refractivity contribution in [2.45, 2.75) is 18.0 Å². The number of piperazine rings is 1.